The molecule has 2 aromatic carbocycles. The van der Waals surface area contributed by atoms with Crippen LogP contribution in [0, 0.1) is 5.92 Å². The number of nitrogens with one attached hydrogen (secondary N) is 1. The summed E-state index contributed by atoms with van der Waals surface area (Å²) in [5, 5.41) is 3.65. The summed E-state index contributed by atoms with van der Waals surface area (Å²) in [5.74, 6) is 2.09. The number of carbonyl (C=O) groups is 1. The molecule has 1 aliphatic rings. The zero-order chi connectivity index (χ0) is 19.2. The number of hydrogen-bond acceptors (Lipinski definition) is 2. The van der Waals surface area contributed by atoms with Gasteiger partial charge in [0.25, 0.3) is 0 Å². The Balaban J connectivity index is 1.45. The Morgan fingerprint density at radius 2 is 1.67 bits per heavy atom. The van der Waals surface area contributed by atoms with Crippen LogP contribution in [0.5, 0.6) is 5.75 Å². The van der Waals surface area contributed by atoms with E-state index in [1.165, 1.54) is 5.56 Å². The lowest BCUT2D eigenvalue weighted by Crippen LogP contribution is -2.20. The third-order valence-electron chi connectivity index (χ3n) is 5.17. The summed E-state index contributed by atoms with van der Waals surface area (Å²) in [6, 6.07) is 15.8. The molecular weight excluding hydrogens is 358 g/mol. The van der Waals surface area contributed by atoms with E-state index in [9.17, 15) is 4.79 Å². The first kappa shape index (κ1) is 19.8. The van der Waals surface area contributed by atoms with Gasteiger partial charge in [-0.1, -0.05) is 23.7 Å². The van der Waals surface area contributed by atoms with E-state index in [0.717, 1.165) is 37.1 Å². The van der Waals surface area contributed by atoms with Crippen LogP contribution in [0.1, 0.15) is 57.4 Å². The Hall–Kier alpha value is -2.00. The van der Waals surface area contributed by atoms with Crippen molar-refractivity contribution >= 4 is 23.2 Å². The number of hydrogen-bond donors (Lipinski definition) is 1. The van der Waals surface area contributed by atoms with Gasteiger partial charge in [0.2, 0.25) is 5.91 Å². The van der Waals surface area contributed by atoms with Gasteiger partial charge < -0.3 is 10.1 Å². The summed E-state index contributed by atoms with van der Waals surface area (Å²) in [6.45, 7) is 4.08. The molecule has 3 nitrogen and oxygen atoms in total. The van der Waals surface area contributed by atoms with Gasteiger partial charge >= 0.3 is 0 Å². The van der Waals surface area contributed by atoms with Crippen molar-refractivity contribution in [2.75, 3.05) is 5.32 Å². The minimum Gasteiger partial charge on any atom is -0.491 e. The topological polar surface area (TPSA) is 38.3 Å². The van der Waals surface area contributed by atoms with Crippen LogP contribution in [0.3, 0.4) is 0 Å². The van der Waals surface area contributed by atoms with Crippen LogP contribution in [0.15, 0.2) is 48.5 Å². The number of ether oxygens (including phenoxy) is 1. The van der Waals surface area contributed by atoms with Gasteiger partial charge in [0.1, 0.15) is 5.75 Å². The Morgan fingerprint density at radius 1 is 1.04 bits per heavy atom. The fourth-order valence-corrected chi connectivity index (χ4v) is 3.92. The highest BCUT2D eigenvalue weighted by atomic mass is 35.5. The molecule has 0 spiro atoms. The Morgan fingerprint density at radius 3 is 2.26 bits per heavy atom. The fourth-order valence-electron chi connectivity index (χ4n) is 3.80. The average Bonchev–Trinajstić information content (AvgIpc) is 2.64. The molecule has 3 rings (SSSR count). The van der Waals surface area contributed by atoms with Crippen molar-refractivity contribution in [1.82, 2.24) is 0 Å². The van der Waals surface area contributed by atoms with Crippen molar-refractivity contribution in [1.29, 1.82) is 0 Å². The number of rotatable bonds is 6. The van der Waals surface area contributed by atoms with Crippen LogP contribution < -0.4 is 10.1 Å². The lowest BCUT2D eigenvalue weighted by Gasteiger charge is -2.28. The largest absolute Gasteiger partial charge is 0.491 e. The number of benzene rings is 2. The quantitative estimate of drug-likeness (QED) is 0.622. The second kappa shape index (κ2) is 9.27. The third kappa shape index (κ3) is 6.00. The Bertz CT molecular complexity index is 732. The van der Waals surface area contributed by atoms with E-state index in [1.54, 1.807) is 12.1 Å². The summed E-state index contributed by atoms with van der Waals surface area (Å²) in [6.07, 6.45) is 5.28. The van der Waals surface area contributed by atoms with Gasteiger partial charge in [-0.3, -0.25) is 4.79 Å². The highest BCUT2D eigenvalue weighted by Gasteiger charge is 2.24. The molecule has 4 heteroatoms. The van der Waals surface area contributed by atoms with E-state index in [1.807, 2.05) is 26.0 Å². The number of halogens is 1. The molecule has 0 saturated heterocycles. The Kier molecular flexibility index (Phi) is 6.78. The van der Waals surface area contributed by atoms with E-state index >= 15 is 0 Å². The first-order valence-electron chi connectivity index (χ1n) is 9.81. The molecule has 0 aliphatic heterocycles. The van der Waals surface area contributed by atoms with Gasteiger partial charge in [0, 0.05) is 17.1 Å². The van der Waals surface area contributed by atoms with E-state index in [-0.39, 0.29) is 12.0 Å². The van der Waals surface area contributed by atoms with Crippen molar-refractivity contribution < 1.29 is 9.53 Å². The molecule has 2 aromatic rings. The molecule has 0 atom stereocenters. The van der Waals surface area contributed by atoms with Crippen molar-refractivity contribution in [3.63, 3.8) is 0 Å². The molecule has 1 N–H and O–H groups in total. The van der Waals surface area contributed by atoms with Crippen molar-refractivity contribution in [2.45, 2.75) is 58.0 Å². The highest BCUT2D eigenvalue weighted by Crippen LogP contribution is 2.37. The highest BCUT2D eigenvalue weighted by molar-refractivity contribution is 6.30. The van der Waals surface area contributed by atoms with Crippen LogP contribution in [-0.2, 0) is 4.79 Å². The molecule has 1 saturated carbocycles. The lowest BCUT2D eigenvalue weighted by atomic mass is 9.77. The van der Waals surface area contributed by atoms with Crippen molar-refractivity contribution in [3.05, 3.63) is 59.1 Å². The monoisotopic (exact) mass is 385 g/mol. The minimum absolute atomic E-state index is 0.0935. The summed E-state index contributed by atoms with van der Waals surface area (Å²) < 4.78 is 5.72. The van der Waals surface area contributed by atoms with Crippen LogP contribution in [-0.4, -0.2) is 12.0 Å². The molecule has 1 fully saturated rings. The smallest absolute Gasteiger partial charge is 0.224 e. The normalized spacial score (nSPS) is 19.7. The zero-order valence-corrected chi connectivity index (χ0v) is 16.8. The van der Waals surface area contributed by atoms with Gasteiger partial charge in [-0.15, -0.1) is 0 Å². The number of anilines is 1. The second-order valence-electron chi connectivity index (χ2n) is 7.71. The van der Waals surface area contributed by atoms with E-state index in [0.29, 0.717) is 23.3 Å². The standard InChI is InChI=1S/C23H28ClNO2/c1-16(2)27-22-13-7-19(8-14-22)18-5-3-17(4-6-18)15-23(26)25-21-11-9-20(24)10-12-21/h7-14,16-18H,3-6,15H2,1-2H3,(H,25,26)/t17-,18+. The minimum atomic E-state index is 0.0935. The van der Waals surface area contributed by atoms with E-state index < -0.39 is 0 Å². The van der Waals surface area contributed by atoms with E-state index in [4.69, 9.17) is 16.3 Å². The average molecular weight is 386 g/mol. The summed E-state index contributed by atoms with van der Waals surface area (Å²) in [4.78, 5) is 12.3. The number of carbonyl (C=O) groups excluding carboxylic acids is 1. The van der Waals surface area contributed by atoms with Gasteiger partial charge in [0.05, 0.1) is 6.10 Å². The molecule has 27 heavy (non-hydrogen) atoms. The molecule has 0 heterocycles. The molecule has 1 aliphatic carbocycles. The molecule has 0 radical (unpaired) electrons. The predicted molar refractivity (Wildman–Crippen MR) is 112 cm³/mol. The summed E-state index contributed by atoms with van der Waals surface area (Å²) in [7, 11) is 0. The molecule has 1 amide bonds. The molecule has 0 aromatic heterocycles. The van der Waals surface area contributed by atoms with Crippen LogP contribution in [0.4, 0.5) is 5.69 Å². The third-order valence-corrected chi connectivity index (χ3v) is 5.42. The molecule has 0 bridgehead atoms. The van der Waals surface area contributed by atoms with Crippen LogP contribution >= 0.6 is 11.6 Å². The second-order valence-corrected chi connectivity index (χ2v) is 8.15. The summed E-state index contributed by atoms with van der Waals surface area (Å²) >= 11 is 5.88. The fraction of sp³-hybridized carbons (Fsp3) is 0.435. The van der Waals surface area contributed by atoms with Crippen LogP contribution in [0.25, 0.3) is 0 Å². The molecule has 0 unspecified atom stereocenters. The first-order chi connectivity index (χ1) is 13.0. The Labute approximate surface area is 167 Å². The predicted octanol–water partition coefficient (Wildman–Crippen LogP) is 6.43. The molecule has 144 valence electrons. The SMILES string of the molecule is CC(C)Oc1ccc([C@H]2CC[C@@H](CC(=O)Nc3ccc(Cl)cc3)CC2)cc1. The van der Waals surface area contributed by atoms with Gasteiger partial charge in [-0.25, -0.2) is 0 Å². The maximum Gasteiger partial charge on any atom is 0.224 e. The van der Waals surface area contributed by atoms with E-state index in [2.05, 4.69) is 29.6 Å². The maximum absolute atomic E-state index is 12.3. The maximum atomic E-state index is 12.3. The first-order valence-corrected chi connectivity index (χ1v) is 10.2. The van der Waals surface area contributed by atoms with Crippen molar-refractivity contribution in [3.8, 4) is 5.75 Å². The van der Waals surface area contributed by atoms with Gasteiger partial charge in [-0.2, -0.15) is 0 Å². The van der Waals surface area contributed by atoms with Crippen LogP contribution in [0.2, 0.25) is 5.02 Å². The lowest BCUT2D eigenvalue weighted by molar-refractivity contribution is -0.117. The summed E-state index contributed by atoms with van der Waals surface area (Å²) in [5.41, 5.74) is 2.19. The zero-order valence-electron chi connectivity index (χ0n) is 16.1. The van der Waals surface area contributed by atoms with Gasteiger partial charge in [0.15, 0.2) is 0 Å². The molecular formula is C23H28ClNO2. The number of amides is 1. The van der Waals surface area contributed by atoms with Crippen molar-refractivity contribution in [2.24, 2.45) is 5.92 Å². The van der Waals surface area contributed by atoms with Gasteiger partial charge in [-0.05, 0) is 93.3 Å².